The third kappa shape index (κ3) is 3.07. The van der Waals surface area contributed by atoms with E-state index in [-0.39, 0.29) is 11.3 Å². The molecule has 2 heteroatoms. The van der Waals surface area contributed by atoms with Crippen LogP contribution in [-0.2, 0) is 0 Å². The fourth-order valence-corrected chi connectivity index (χ4v) is 1.34. The zero-order valence-corrected chi connectivity index (χ0v) is 9.13. The summed E-state index contributed by atoms with van der Waals surface area (Å²) in [6.07, 6.45) is 0. The van der Waals surface area contributed by atoms with Crippen LogP contribution < -0.4 is 0 Å². The number of nitriles is 2. The molecule has 0 amide bonds. The molecular formula is C11H18N2. The van der Waals surface area contributed by atoms with Crippen LogP contribution in [0.15, 0.2) is 0 Å². The maximum Gasteiger partial charge on any atom is 0.136 e. The monoisotopic (exact) mass is 178 g/mol. The summed E-state index contributed by atoms with van der Waals surface area (Å²) in [5.41, 5.74) is 0.158. The van der Waals surface area contributed by atoms with Gasteiger partial charge in [0.15, 0.2) is 0 Å². The second-order valence-corrected chi connectivity index (χ2v) is 4.75. The lowest BCUT2D eigenvalue weighted by atomic mass is 9.71. The van der Waals surface area contributed by atoms with Gasteiger partial charge in [-0.1, -0.05) is 34.6 Å². The van der Waals surface area contributed by atoms with E-state index >= 15 is 0 Å². The van der Waals surface area contributed by atoms with E-state index in [1.165, 1.54) is 0 Å². The summed E-state index contributed by atoms with van der Waals surface area (Å²) in [7, 11) is 0. The van der Waals surface area contributed by atoms with Gasteiger partial charge in [-0.15, -0.1) is 0 Å². The second-order valence-electron chi connectivity index (χ2n) is 4.75. The normalized spacial score (nSPS) is 16.0. The summed E-state index contributed by atoms with van der Waals surface area (Å²) in [6, 6.07) is 4.09. The molecule has 0 rings (SSSR count). The van der Waals surface area contributed by atoms with Crippen LogP contribution in [0, 0.1) is 45.8 Å². The van der Waals surface area contributed by atoms with E-state index in [9.17, 15) is 0 Å². The van der Waals surface area contributed by atoms with E-state index in [0.717, 1.165) is 0 Å². The van der Waals surface area contributed by atoms with Gasteiger partial charge in [0.1, 0.15) is 5.92 Å². The summed E-state index contributed by atoms with van der Waals surface area (Å²) < 4.78 is 0. The summed E-state index contributed by atoms with van der Waals surface area (Å²) in [5.74, 6) is 0.0287. The Labute approximate surface area is 81.2 Å². The topological polar surface area (TPSA) is 47.6 Å². The van der Waals surface area contributed by atoms with E-state index in [1.54, 1.807) is 0 Å². The summed E-state index contributed by atoms with van der Waals surface area (Å²) >= 11 is 0. The smallest absolute Gasteiger partial charge is 0.136 e. The van der Waals surface area contributed by atoms with Crippen LogP contribution in [0.3, 0.4) is 0 Å². The van der Waals surface area contributed by atoms with Crippen LogP contribution in [-0.4, -0.2) is 0 Å². The van der Waals surface area contributed by atoms with Crippen LogP contribution >= 0.6 is 0 Å². The van der Waals surface area contributed by atoms with Crippen molar-refractivity contribution in [1.82, 2.24) is 0 Å². The Morgan fingerprint density at radius 2 is 1.38 bits per heavy atom. The quantitative estimate of drug-likeness (QED) is 0.652. The van der Waals surface area contributed by atoms with Crippen LogP contribution in [0.4, 0.5) is 0 Å². The van der Waals surface area contributed by atoms with Gasteiger partial charge in [-0.25, -0.2) is 0 Å². The highest BCUT2D eigenvalue weighted by Gasteiger charge is 2.30. The number of hydrogen-bond donors (Lipinski definition) is 0. The fourth-order valence-electron chi connectivity index (χ4n) is 1.34. The van der Waals surface area contributed by atoms with Crippen molar-refractivity contribution in [1.29, 1.82) is 10.5 Å². The van der Waals surface area contributed by atoms with Crippen LogP contribution in [0.25, 0.3) is 0 Å². The summed E-state index contributed by atoms with van der Waals surface area (Å²) in [6.45, 7) is 10.5. The molecule has 0 aliphatic carbocycles. The van der Waals surface area contributed by atoms with Crippen molar-refractivity contribution in [2.24, 2.45) is 23.2 Å². The van der Waals surface area contributed by atoms with E-state index in [1.807, 2.05) is 19.1 Å². The second kappa shape index (κ2) is 4.28. The Hall–Kier alpha value is -1.02. The average molecular weight is 178 g/mol. The minimum atomic E-state index is -0.478. The third-order valence-electron chi connectivity index (χ3n) is 2.96. The first-order chi connectivity index (χ1) is 5.84. The molecule has 0 N–H and O–H groups in total. The maximum atomic E-state index is 8.74. The van der Waals surface area contributed by atoms with Gasteiger partial charge < -0.3 is 0 Å². The lowest BCUT2D eigenvalue weighted by molar-refractivity contribution is 0.173. The summed E-state index contributed by atoms with van der Waals surface area (Å²) in [4.78, 5) is 0. The van der Waals surface area contributed by atoms with Crippen LogP contribution in [0.2, 0.25) is 0 Å². The molecule has 0 aliphatic heterocycles. The minimum absolute atomic E-state index is 0.134. The van der Waals surface area contributed by atoms with Gasteiger partial charge in [-0.2, -0.15) is 10.5 Å². The molecule has 72 valence electrons. The van der Waals surface area contributed by atoms with Crippen molar-refractivity contribution >= 4 is 0 Å². The van der Waals surface area contributed by atoms with E-state index < -0.39 is 5.92 Å². The largest absolute Gasteiger partial charge is 0.197 e. The van der Waals surface area contributed by atoms with E-state index in [2.05, 4.69) is 27.7 Å². The number of hydrogen-bond acceptors (Lipinski definition) is 2. The third-order valence-corrected chi connectivity index (χ3v) is 2.96. The molecule has 0 fully saturated rings. The van der Waals surface area contributed by atoms with Gasteiger partial charge in [0.25, 0.3) is 0 Å². The van der Waals surface area contributed by atoms with Gasteiger partial charge >= 0.3 is 0 Å². The Kier molecular flexibility index (Phi) is 3.95. The SMILES string of the molecule is C[C@H](C(C#N)C#N)[C@H](C)C(C)(C)C. The van der Waals surface area contributed by atoms with Crippen molar-refractivity contribution in [2.45, 2.75) is 34.6 Å². The highest BCUT2D eigenvalue weighted by atomic mass is 14.4. The predicted octanol–water partition coefficient (Wildman–Crippen LogP) is 2.97. The molecule has 0 spiro atoms. The highest BCUT2D eigenvalue weighted by molar-refractivity contribution is 5.03. The lowest BCUT2D eigenvalue weighted by Gasteiger charge is -2.32. The standard InChI is InChI=1S/C11H18N2/c1-8(10(6-12)7-13)9(2)11(3,4)5/h8-10H,1-5H3/t8-,9-/m0/s1. The fraction of sp³-hybridized carbons (Fsp3) is 0.818. The molecule has 0 saturated heterocycles. The van der Waals surface area contributed by atoms with Crippen molar-refractivity contribution in [3.8, 4) is 12.1 Å². The Morgan fingerprint density at radius 3 is 1.62 bits per heavy atom. The molecule has 0 aliphatic rings. The Morgan fingerprint density at radius 1 is 1.00 bits per heavy atom. The van der Waals surface area contributed by atoms with Crippen molar-refractivity contribution in [3.05, 3.63) is 0 Å². The first-order valence-corrected chi connectivity index (χ1v) is 4.63. The first-order valence-electron chi connectivity index (χ1n) is 4.63. The van der Waals surface area contributed by atoms with Crippen LogP contribution in [0.5, 0.6) is 0 Å². The molecule has 0 saturated carbocycles. The van der Waals surface area contributed by atoms with Crippen LogP contribution in [0.1, 0.15) is 34.6 Å². The number of nitrogens with zero attached hydrogens (tertiary/aromatic N) is 2. The summed E-state index contributed by atoms with van der Waals surface area (Å²) in [5, 5.41) is 17.5. The number of rotatable bonds is 2. The highest BCUT2D eigenvalue weighted by Crippen LogP contribution is 2.34. The molecule has 0 aromatic heterocycles. The molecule has 2 atom stereocenters. The van der Waals surface area contributed by atoms with Crippen molar-refractivity contribution < 1.29 is 0 Å². The molecule has 0 heterocycles. The van der Waals surface area contributed by atoms with Crippen molar-refractivity contribution in [3.63, 3.8) is 0 Å². The Balaban J connectivity index is 4.54. The zero-order valence-electron chi connectivity index (χ0n) is 9.13. The van der Waals surface area contributed by atoms with Crippen molar-refractivity contribution in [2.75, 3.05) is 0 Å². The maximum absolute atomic E-state index is 8.74. The molecule has 0 bridgehead atoms. The van der Waals surface area contributed by atoms with Gasteiger partial charge in [0.05, 0.1) is 12.1 Å². The lowest BCUT2D eigenvalue weighted by Crippen LogP contribution is -2.27. The Bertz CT molecular complexity index is 222. The van der Waals surface area contributed by atoms with Gasteiger partial charge in [-0.3, -0.25) is 0 Å². The average Bonchev–Trinajstić information content (AvgIpc) is 2.03. The van der Waals surface area contributed by atoms with Gasteiger partial charge in [0, 0.05) is 0 Å². The van der Waals surface area contributed by atoms with Gasteiger partial charge in [-0.05, 0) is 17.3 Å². The van der Waals surface area contributed by atoms with E-state index in [0.29, 0.717) is 5.92 Å². The first kappa shape index (κ1) is 12.0. The molecule has 0 aromatic carbocycles. The van der Waals surface area contributed by atoms with E-state index in [4.69, 9.17) is 10.5 Å². The zero-order chi connectivity index (χ0) is 10.6. The molecular weight excluding hydrogens is 160 g/mol. The molecule has 0 radical (unpaired) electrons. The molecule has 13 heavy (non-hydrogen) atoms. The molecule has 2 nitrogen and oxygen atoms in total. The van der Waals surface area contributed by atoms with Gasteiger partial charge in [0.2, 0.25) is 0 Å². The predicted molar refractivity (Wildman–Crippen MR) is 52.5 cm³/mol. The molecule has 0 unspecified atom stereocenters. The molecule has 0 aromatic rings. The minimum Gasteiger partial charge on any atom is -0.197 e.